The fraction of sp³-hybridized carbons (Fsp3) is 0.455. The Labute approximate surface area is 156 Å². The summed E-state index contributed by atoms with van der Waals surface area (Å²) in [5.74, 6) is 1.42. The van der Waals surface area contributed by atoms with Crippen LogP contribution >= 0.6 is 0 Å². The molecule has 1 saturated heterocycles. The van der Waals surface area contributed by atoms with Gasteiger partial charge in [0.15, 0.2) is 0 Å². The summed E-state index contributed by atoms with van der Waals surface area (Å²) in [5.41, 5.74) is 4.18. The number of phenolic OH excluding ortho intramolecular Hbond substituents is 1. The summed E-state index contributed by atoms with van der Waals surface area (Å²) in [5, 5.41) is 13.8. The molecule has 4 nitrogen and oxygen atoms in total. The summed E-state index contributed by atoms with van der Waals surface area (Å²) < 4.78 is 6.27. The standard InChI is InChI=1S/C22H30N2O2/c1-16(2)19-15-20(25)17(3)22(21(19)18-7-5-4-6-8-18)26-14-13-24-11-9-23-10-12-24/h4-8,15-16,23,25H,9-14H2,1-3H3. The zero-order chi connectivity index (χ0) is 18.5. The van der Waals surface area contributed by atoms with Gasteiger partial charge in [-0.05, 0) is 30.0 Å². The third kappa shape index (κ3) is 4.19. The summed E-state index contributed by atoms with van der Waals surface area (Å²) in [6.07, 6.45) is 0. The van der Waals surface area contributed by atoms with E-state index in [0.29, 0.717) is 18.3 Å². The summed E-state index contributed by atoms with van der Waals surface area (Å²) in [6.45, 7) is 12.0. The fourth-order valence-electron chi connectivity index (χ4n) is 3.51. The molecule has 2 N–H and O–H groups in total. The first-order valence-corrected chi connectivity index (χ1v) is 9.55. The third-order valence-electron chi connectivity index (χ3n) is 5.08. The average molecular weight is 354 g/mol. The Morgan fingerprint density at radius 2 is 1.85 bits per heavy atom. The van der Waals surface area contributed by atoms with Gasteiger partial charge >= 0.3 is 0 Å². The van der Waals surface area contributed by atoms with Crippen LogP contribution in [-0.4, -0.2) is 49.3 Å². The lowest BCUT2D eigenvalue weighted by Gasteiger charge is -2.27. The molecule has 0 aromatic heterocycles. The van der Waals surface area contributed by atoms with Crippen LogP contribution in [0.4, 0.5) is 0 Å². The van der Waals surface area contributed by atoms with E-state index in [2.05, 4.69) is 36.2 Å². The number of rotatable bonds is 6. The van der Waals surface area contributed by atoms with Gasteiger partial charge in [0.2, 0.25) is 0 Å². The lowest BCUT2D eigenvalue weighted by atomic mass is 9.89. The molecular formula is C22H30N2O2. The molecule has 0 amide bonds. The van der Waals surface area contributed by atoms with Crippen molar-refractivity contribution in [3.63, 3.8) is 0 Å². The normalized spacial score (nSPS) is 15.4. The SMILES string of the molecule is Cc1c(O)cc(C(C)C)c(-c2ccccc2)c1OCCN1CCNCC1. The predicted molar refractivity (Wildman–Crippen MR) is 107 cm³/mol. The number of nitrogens with one attached hydrogen (secondary N) is 1. The first-order valence-electron chi connectivity index (χ1n) is 9.55. The quantitative estimate of drug-likeness (QED) is 0.829. The van der Waals surface area contributed by atoms with E-state index in [1.165, 1.54) is 0 Å². The fourth-order valence-corrected chi connectivity index (χ4v) is 3.51. The van der Waals surface area contributed by atoms with Crippen LogP contribution in [0, 0.1) is 6.92 Å². The van der Waals surface area contributed by atoms with Gasteiger partial charge in [0.1, 0.15) is 18.1 Å². The van der Waals surface area contributed by atoms with E-state index in [0.717, 1.165) is 60.7 Å². The van der Waals surface area contributed by atoms with Crippen molar-refractivity contribution < 1.29 is 9.84 Å². The molecule has 1 aliphatic heterocycles. The molecule has 1 aliphatic rings. The second-order valence-corrected chi connectivity index (χ2v) is 7.27. The molecule has 3 rings (SSSR count). The smallest absolute Gasteiger partial charge is 0.134 e. The molecule has 0 aliphatic carbocycles. The van der Waals surface area contributed by atoms with Crippen molar-refractivity contribution in [3.05, 3.63) is 47.5 Å². The molecule has 1 heterocycles. The van der Waals surface area contributed by atoms with Crippen molar-refractivity contribution in [3.8, 4) is 22.6 Å². The molecule has 0 unspecified atom stereocenters. The van der Waals surface area contributed by atoms with E-state index in [4.69, 9.17) is 4.74 Å². The van der Waals surface area contributed by atoms with E-state index >= 15 is 0 Å². The summed E-state index contributed by atoms with van der Waals surface area (Å²) in [6, 6.07) is 12.2. The van der Waals surface area contributed by atoms with Crippen LogP contribution < -0.4 is 10.1 Å². The molecule has 0 spiro atoms. The molecule has 26 heavy (non-hydrogen) atoms. The number of aromatic hydroxyl groups is 1. The van der Waals surface area contributed by atoms with Gasteiger partial charge < -0.3 is 15.2 Å². The van der Waals surface area contributed by atoms with Crippen molar-refractivity contribution >= 4 is 0 Å². The van der Waals surface area contributed by atoms with Gasteiger partial charge in [-0.1, -0.05) is 44.2 Å². The van der Waals surface area contributed by atoms with Crippen LogP contribution in [0.5, 0.6) is 11.5 Å². The molecule has 2 aromatic carbocycles. The van der Waals surface area contributed by atoms with E-state index in [-0.39, 0.29) is 0 Å². The van der Waals surface area contributed by atoms with Gasteiger partial charge in [0.25, 0.3) is 0 Å². The Morgan fingerprint density at radius 3 is 2.50 bits per heavy atom. The molecular weight excluding hydrogens is 324 g/mol. The topological polar surface area (TPSA) is 44.7 Å². The molecule has 4 heteroatoms. The molecule has 1 fully saturated rings. The van der Waals surface area contributed by atoms with Crippen LogP contribution in [0.3, 0.4) is 0 Å². The van der Waals surface area contributed by atoms with Crippen molar-refractivity contribution in [1.29, 1.82) is 0 Å². The van der Waals surface area contributed by atoms with Crippen LogP contribution in [0.2, 0.25) is 0 Å². The van der Waals surface area contributed by atoms with Crippen molar-refractivity contribution in [2.45, 2.75) is 26.7 Å². The monoisotopic (exact) mass is 354 g/mol. The molecule has 0 bridgehead atoms. The lowest BCUT2D eigenvalue weighted by molar-refractivity contribution is 0.191. The maximum absolute atomic E-state index is 10.5. The minimum Gasteiger partial charge on any atom is -0.508 e. The zero-order valence-electron chi connectivity index (χ0n) is 16.1. The number of benzene rings is 2. The van der Waals surface area contributed by atoms with Crippen molar-refractivity contribution in [2.24, 2.45) is 0 Å². The lowest BCUT2D eigenvalue weighted by Crippen LogP contribution is -2.44. The maximum Gasteiger partial charge on any atom is 0.134 e. The van der Waals surface area contributed by atoms with E-state index in [1.807, 2.05) is 31.2 Å². The number of hydrogen-bond acceptors (Lipinski definition) is 4. The molecule has 2 aromatic rings. The highest BCUT2D eigenvalue weighted by atomic mass is 16.5. The Kier molecular flexibility index (Phi) is 6.17. The zero-order valence-corrected chi connectivity index (χ0v) is 16.1. The van der Waals surface area contributed by atoms with Crippen LogP contribution in [0.25, 0.3) is 11.1 Å². The predicted octanol–water partition coefficient (Wildman–Crippen LogP) is 3.78. The number of hydrogen-bond donors (Lipinski definition) is 2. The number of piperazine rings is 1. The minimum atomic E-state index is 0.298. The second kappa shape index (κ2) is 8.56. The molecule has 0 atom stereocenters. The molecule has 140 valence electrons. The van der Waals surface area contributed by atoms with Crippen molar-refractivity contribution in [1.82, 2.24) is 10.2 Å². The van der Waals surface area contributed by atoms with Crippen LogP contribution in [0.15, 0.2) is 36.4 Å². The summed E-state index contributed by atoms with van der Waals surface area (Å²) in [4.78, 5) is 2.42. The summed E-state index contributed by atoms with van der Waals surface area (Å²) in [7, 11) is 0. The highest BCUT2D eigenvalue weighted by Crippen LogP contribution is 2.43. The Bertz CT molecular complexity index is 723. The minimum absolute atomic E-state index is 0.298. The second-order valence-electron chi connectivity index (χ2n) is 7.27. The van der Waals surface area contributed by atoms with Gasteiger partial charge in [-0.15, -0.1) is 0 Å². The largest absolute Gasteiger partial charge is 0.508 e. The van der Waals surface area contributed by atoms with E-state index < -0.39 is 0 Å². The maximum atomic E-state index is 10.5. The van der Waals surface area contributed by atoms with Gasteiger partial charge in [-0.25, -0.2) is 0 Å². The highest BCUT2D eigenvalue weighted by molar-refractivity contribution is 5.78. The number of nitrogens with zero attached hydrogens (tertiary/aromatic N) is 1. The Morgan fingerprint density at radius 1 is 1.15 bits per heavy atom. The number of ether oxygens (including phenoxy) is 1. The summed E-state index contributed by atoms with van der Waals surface area (Å²) >= 11 is 0. The van der Waals surface area contributed by atoms with Crippen LogP contribution in [-0.2, 0) is 0 Å². The van der Waals surface area contributed by atoms with E-state index in [1.54, 1.807) is 0 Å². The van der Waals surface area contributed by atoms with E-state index in [9.17, 15) is 5.11 Å². The first-order chi connectivity index (χ1) is 12.6. The van der Waals surface area contributed by atoms with Crippen LogP contribution in [0.1, 0.15) is 30.9 Å². The Hall–Kier alpha value is -2.04. The van der Waals surface area contributed by atoms with Gasteiger partial charge in [0.05, 0.1) is 0 Å². The molecule has 0 radical (unpaired) electrons. The first kappa shape index (κ1) is 18.7. The van der Waals surface area contributed by atoms with Gasteiger partial charge in [-0.2, -0.15) is 0 Å². The molecule has 0 saturated carbocycles. The van der Waals surface area contributed by atoms with Gasteiger partial charge in [-0.3, -0.25) is 4.90 Å². The van der Waals surface area contributed by atoms with Gasteiger partial charge in [0, 0.05) is 43.9 Å². The number of phenols is 1. The Balaban J connectivity index is 1.91. The highest BCUT2D eigenvalue weighted by Gasteiger charge is 2.20. The average Bonchev–Trinajstić information content (AvgIpc) is 2.66. The third-order valence-corrected chi connectivity index (χ3v) is 5.08. The van der Waals surface area contributed by atoms with Crippen molar-refractivity contribution in [2.75, 3.05) is 39.3 Å².